The molecule has 0 aromatic rings. The van der Waals surface area contributed by atoms with Gasteiger partial charge in [-0.3, -0.25) is 9.69 Å². The fraction of sp³-hybridized carbons (Fsp3) is 0.727. The van der Waals surface area contributed by atoms with Crippen molar-refractivity contribution in [2.75, 3.05) is 46.4 Å². The Morgan fingerprint density at radius 3 is 2.22 bits per heavy atom. The molecule has 0 N–H and O–H groups in total. The summed E-state index contributed by atoms with van der Waals surface area (Å²) in [5.41, 5.74) is 0. The minimum atomic E-state index is -1.25. The molecule has 1 rings (SSSR count). The molecule has 102 valence electrons. The number of carbonyl (C=O) groups is 3. The van der Waals surface area contributed by atoms with Crippen LogP contribution in [0.1, 0.15) is 6.92 Å². The molecule has 7 nitrogen and oxygen atoms in total. The summed E-state index contributed by atoms with van der Waals surface area (Å²) in [5, 5.41) is 0. The molecule has 1 aliphatic rings. The summed E-state index contributed by atoms with van der Waals surface area (Å²) in [6.45, 7) is 4.84. The number of esters is 3. The molecule has 1 heterocycles. The summed E-state index contributed by atoms with van der Waals surface area (Å²) in [6, 6.07) is 0. The number of likely N-dealkylation sites (N-methyl/N-ethyl adjacent to an activating group) is 1. The van der Waals surface area contributed by atoms with E-state index in [0.717, 1.165) is 26.2 Å². The number of nitrogens with zero attached hydrogens (tertiary/aromatic N) is 2. The van der Waals surface area contributed by atoms with Crippen molar-refractivity contribution >= 4 is 17.9 Å². The predicted molar refractivity (Wildman–Crippen MR) is 61.7 cm³/mol. The van der Waals surface area contributed by atoms with E-state index in [-0.39, 0.29) is 13.2 Å². The number of piperazine rings is 1. The van der Waals surface area contributed by atoms with Gasteiger partial charge in [0.15, 0.2) is 0 Å². The Morgan fingerprint density at radius 1 is 1.06 bits per heavy atom. The van der Waals surface area contributed by atoms with Gasteiger partial charge in [0.2, 0.25) is 0 Å². The highest BCUT2D eigenvalue weighted by atomic mass is 16.6. The van der Waals surface area contributed by atoms with E-state index in [0.29, 0.717) is 0 Å². The molecule has 1 saturated heterocycles. The molecule has 0 bridgehead atoms. The zero-order chi connectivity index (χ0) is 13.5. The van der Waals surface area contributed by atoms with Gasteiger partial charge in [-0.25, -0.2) is 9.59 Å². The Hall–Kier alpha value is -1.47. The molecule has 0 radical (unpaired) electrons. The van der Waals surface area contributed by atoms with Crippen LogP contribution in [0.15, 0.2) is 0 Å². The van der Waals surface area contributed by atoms with Crippen LogP contribution in [0.2, 0.25) is 0 Å². The molecule has 1 aliphatic heterocycles. The summed E-state index contributed by atoms with van der Waals surface area (Å²) < 4.78 is 8.81. The highest BCUT2D eigenvalue weighted by Gasteiger charge is 2.23. The first kappa shape index (κ1) is 14.6. The second kappa shape index (κ2) is 7.07. The summed E-state index contributed by atoms with van der Waals surface area (Å²) in [4.78, 5) is 37.5. The van der Waals surface area contributed by atoms with Gasteiger partial charge in [0.05, 0.1) is 13.2 Å². The van der Waals surface area contributed by atoms with Crippen LogP contribution in [0.3, 0.4) is 0 Å². The second-order valence-corrected chi connectivity index (χ2v) is 4.06. The van der Waals surface area contributed by atoms with Gasteiger partial charge in [0.25, 0.3) is 0 Å². The van der Waals surface area contributed by atoms with Crippen molar-refractivity contribution in [2.45, 2.75) is 6.92 Å². The standard InChI is InChI=1S/C11H18N2O5/c1-3-17-10(15)11(16)18-9(14)8-13-6-4-12(2)5-7-13/h3-8H2,1-2H3. The van der Waals surface area contributed by atoms with Gasteiger partial charge >= 0.3 is 17.9 Å². The van der Waals surface area contributed by atoms with Crippen molar-refractivity contribution in [3.05, 3.63) is 0 Å². The van der Waals surface area contributed by atoms with E-state index in [2.05, 4.69) is 14.4 Å². The Bertz CT molecular complexity index is 323. The first-order valence-corrected chi connectivity index (χ1v) is 5.85. The van der Waals surface area contributed by atoms with Crippen molar-refractivity contribution in [2.24, 2.45) is 0 Å². The largest absolute Gasteiger partial charge is 0.458 e. The minimum absolute atomic E-state index is 0.0129. The lowest BCUT2D eigenvalue weighted by molar-refractivity contribution is -0.173. The van der Waals surface area contributed by atoms with E-state index < -0.39 is 17.9 Å². The predicted octanol–water partition coefficient (Wildman–Crippen LogP) is -1.13. The highest BCUT2D eigenvalue weighted by molar-refractivity contribution is 6.31. The summed E-state index contributed by atoms with van der Waals surface area (Å²) in [6.07, 6.45) is 0. The Kier molecular flexibility index (Phi) is 5.73. The van der Waals surface area contributed by atoms with Gasteiger partial charge in [-0.2, -0.15) is 0 Å². The molecule has 1 fully saturated rings. The van der Waals surface area contributed by atoms with Crippen molar-refractivity contribution in [3.63, 3.8) is 0 Å². The van der Waals surface area contributed by atoms with Crippen LogP contribution in [-0.4, -0.2) is 74.1 Å². The van der Waals surface area contributed by atoms with Gasteiger partial charge in [0.1, 0.15) is 0 Å². The fourth-order valence-corrected chi connectivity index (χ4v) is 1.56. The number of hydrogen-bond acceptors (Lipinski definition) is 7. The topological polar surface area (TPSA) is 76.2 Å². The molecule has 0 spiro atoms. The molecular formula is C11H18N2O5. The first-order chi connectivity index (χ1) is 8.52. The van der Waals surface area contributed by atoms with E-state index in [1.807, 2.05) is 11.9 Å². The van der Waals surface area contributed by atoms with Crippen molar-refractivity contribution in [3.8, 4) is 0 Å². The second-order valence-electron chi connectivity index (χ2n) is 4.06. The Morgan fingerprint density at radius 2 is 1.67 bits per heavy atom. The summed E-state index contributed by atoms with van der Waals surface area (Å²) in [7, 11) is 2.00. The number of ether oxygens (including phenoxy) is 2. The maximum absolute atomic E-state index is 11.4. The van der Waals surface area contributed by atoms with Gasteiger partial charge < -0.3 is 14.4 Å². The van der Waals surface area contributed by atoms with Gasteiger partial charge in [-0.15, -0.1) is 0 Å². The van der Waals surface area contributed by atoms with Gasteiger partial charge in [-0.1, -0.05) is 0 Å². The van der Waals surface area contributed by atoms with Crippen molar-refractivity contribution in [1.29, 1.82) is 0 Å². The van der Waals surface area contributed by atoms with Crippen molar-refractivity contribution in [1.82, 2.24) is 9.80 Å². The zero-order valence-electron chi connectivity index (χ0n) is 10.7. The van der Waals surface area contributed by atoms with E-state index in [1.54, 1.807) is 6.92 Å². The van der Waals surface area contributed by atoms with Crippen LogP contribution in [0.5, 0.6) is 0 Å². The lowest BCUT2D eigenvalue weighted by atomic mass is 10.3. The van der Waals surface area contributed by atoms with E-state index in [1.165, 1.54) is 0 Å². The molecule has 0 atom stereocenters. The number of rotatable bonds is 3. The Labute approximate surface area is 106 Å². The molecule has 0 unspecified atom stereocenters. The van der Waals surface area contributed by atoms with Crippen LogP contribution >= 0.6 is 0 Å². The quantitative estimate of drug-likeness (QED) is 0.360. The lowest BCUT2D eigenvalue weighted by Gasteiger charge is -2.31. The lowest BCUT2D eigenvalue weighted by Crippen LogP contribution is -2.46. The molecule has 0 aromatic carbocycles. The molecular weight excluding hydrogens is 240 g/mol. The monoisotopic (exact) mass is 258 g/mol. The SMILES string of the molecule is CCOC(=O)C(=O)OC(=O)CN1CCN(C)CC1. The van der Waals surface area contributed by atoms with Crippen LogP contribution in [0.25, 0.3) is 0 Å². The highest BCUT2D eigenvalue weighted by Crippen LogP contribution is 1.99. The molecule has 0 amide bonds. The third-order valence-corrected chi connectivity index (χ3v) is 2.60. The minimum Gasteiger partial charge on any atom is -0.458 e. The summed E-state index contributed by atoms with van der Waals surface area (Å²) >= 11 is 0. The normalized spacial score (nSPS) is 17.2. The van der Waals surface area contributed by atoms with Crippen LogP contribution < -0.4 is 0 Å². The van der Waals surface area contributed by atoms with Gasteiger partial charge in [-0.05, 0) is 14.0 Å². The molecule has 0 saturated carbocycles. The van der Waals surface area contributed by atoms with Crippen LogP contribution in [0.4, 0.5) is 0 Å². The van der Waals surface area contributed by atoms with E-state index >= 15 is 0 Å². The fourth-order valence-electron chi connectivity index (χ4n) is 1.56. The Balaban J connectivity index is 2.29. The maximum Gasteiger partial charge on any atom is 0.425 e. The third-order valence-electron chi connectivity index (χ3n) is 2.60. The van der Waals surface area contributed by atoms with Gasteiger partial charge in [0, 0.05) is 26.2 Å². The summed E-state index contributed by atoms with van der Waals surface area (Å²) in [5.74, 6) is -3.11. The van der Waals surface area contributed by atoms with Crippen LogP contribution in [0, 0.1) is 0 Å². The number of carbonyl (C=O) groups excluding carboxylic acids is 3. The third kappa shape index (κ3) is 4.80. The van der Waals surface area contributed by atoms with E-state index in [4.69, 9.17) is 0 Å². The number of hydrogen-bond donors (Lipinski definition) is 0. The zero-order valence-corrected chi connectivity index (χ0v) is 10.7. The molecule has 0 aromatic heterocycles. The van der Waals surface area contributed by atoms with Crippen molar-refractivity contribution < 1.29 is 23.9 Å². The first-order valence-electron chi connectivity index (χ1n) is 5.85. The smallest absolute Gasteiger partial charge is 0.425 e. The molecule has 7 heteroatoms. The van der Waals surface area contributed by atoms with Crippen LogP contribution in [-0.2, 0) is 23.9 Å². The van der Waals surface area contributed by atoms with E-state index in [9.17, 15) is 14.4 Å². The average Bonchev–Trinajstić information content (AvgIpc) is 2.32. The maximum atomic E-state index is 11.4. The molecule has 18 heavy (non-hydrogen) atoms. The average molecular weight is 258 g/mol. The molecule has 0 aliphatic carbocycles.